The molecule has 4 rings (SSSR count). The molecule has 3 fully saturated rings. The van der Waals surface area contributed by atoms with E-state index in [0.717, 1.165) is 70.8 Å². The van der Waals surface area contributed by atoms with Crippen LogP contribution >= 0.6 is 0 Å². The van der Waals surface area contributed by atoms with Crippen LogP contribution in [0.4, 0.5) is 5.69 Å². The zero-order chi connectivity index (χ0) is 18.7. The minimum Gasteiger partial charge on any atom is -0.379 e. The van der Waals surface area contributed by atoms with E-state index in [9.17, 15) is 4.79 Å². The standard InChI is InChI=1S/C21H31N3O3/c1-26-21(7-3-8-21)13-19(25)24-10-4-6-20(16-24)15-23(11-12-27-17-20)18-5-2-9-22-14-18/h2,5,9,14H,3-4,6-8,10-13,15-17H2,1H3. The number of hydrogen-bond acceptors (Lipinski definition) is 5. The number of pyridine rings is 1. The van der Waals surface area contributed by atoms with Crippen molar-refractivity contribution in [3.8, 4) is 0 Å². The number of carbonyl (C=O) groups excluding carboxylic acids is 1. The fourth-order valence-electron chi connectivity index (χ4n) is 4.83. The van der Waals surface area contributed by atoms with Gasteiger partial charge in [-0.2, -0.15) is 0 Å². The highest BCUT2D eigenvalue weighted by molar-refractivity contribution is 5.77. The van der Waals surface area contributed by atoms with Crippen molar-refractivity contribution >= 4 is 11.6 Å². The Morgan fingerprint density at radius 3 is 2.85 bits per heavy atom. The smallest absolute Gasteiger partial charge is 0.225 e. The molecule has 0 radical (unpaired) electrons. The summed E-state index contributed by atoms with van der Waals surface area (Å²) in [5.41, 5.74) is 0.933. The minimum absolute atomic E-state index is 0.0000992. The van der Waals surface area contributed by atoms with Crippen molar-refractivity contribution in [2.75, 3.05) is 51.4 Å². The second-order valence-corrected chi connectivity index (χ2v) is 8.52. The average molecular weight is 373 g/mol. The first-order valence-electron chi connectivity index (χ1n) is 10.2. The average Bonchev–Trinajstić information content (AvgIpc) is 2.88. The van der Waals surface area contributed by atoms with Crippen LogP contribution in [0.15, 0.2) is 24.5 Å². The number of carbonyl (C=O) groups is 1. The third kappa shape index (κ3) is 3.97. The maximum absolute atomic E-state index is 13.0. The molecule has 1 unspecified atom stereocenters. The number of nitrogens with zero attached hydrogens (tertiary/aromatic N) is 3. The molecule has 2 saturated heterocycles. The fourth-order valence-corrected chi connectivity index (χ4v) is 4.83. The summed E-state index contributed by atoms with van der Waals surface area (Å²) in [5, 5.41) is 0. The van der Waals surface area contributed by atoms with Gasteiger partial charge in [0.25, 0.3) is 0 Å². The van der Waals surface area contributed by atoms with Gasteiger partial charge in [0.1, 0.15) is 0 Å². The molecule has 1 aliphatic carbocycles. The Hall–Kier alpha value is -1.66. The summed E-state index contributed by atoms with van der Waals surface area (Å²) >= 11 is 0. The first kappa shape index (κ1) is 18.7. The normalized spacial score (nSPS) is 27.9. The first-order valence-corrected chi connectivity index (χ1v) is 10.2. The van der Waals surface area contributed by atoms with E-state index in [1.54, 1.807) is 13.3 Å². The number of methoxy groups -OCH3 is 1. The van der Waals surface area contributed by atoms with E-state index in [0.29, 0.717) is 6.42 Å². The Morgan fingerprint density at radius 1 is 1.26 bits per heavy atom. The molecule has 1 atom stereocenters. The Balaban J connectivity index is 1.46. The minimum atomic E-state index is -0.205. The number of hydrogen-bond donors (Lipinski definition) is 0. The number of rotatable bonds is 4. The molecule has 0 aromatic carbocycles. The zero-order valence-electron chi connectivity index (χ0n) is 16.4. The summed E-state index contributed by atoms with van der Waals surface area (Å²) in [6.07, 6.45) is 9.56. The molecule has 6 heteroatoms. The maximum Gasteiger partial charge on any atom is 0.225 e. The number of aromatic nitrogens is 1. The quantitative estimate of drug-likeness (QED) is 0.812. The molecule has 3 heterocycles. The van der Waals surface area contributed by atoms with Crippen molar-refractivity contribution in [2.24, 2.45) is 5.41 Å². The topological polar surface area (TPSA) is 54.9 Å². The van der Waals surface area contributed by atoms with Crippen LogP contribution in [0, 0.1) is 5.41 Å². The third-order valence-electron chi connectivity index (χ3n) is 6.64. The van der Waals surface area contributed by atoms with Gasteiger partial charge in [-0.1, -0.05) is 0 Å². The number of likely N-dealkylation sites (tertiary alicyclic amines) is 1. The van der Waals surface area contributed by atoms with Crippen LogP contribution in [0.3, 0.4) is 0 Å². The van der Waals surface area contributed by atoms with Gasteiger partial charge < -0.3 is 19.3 Å². The van der Waals surface area contributed by atoms with Crippen LogP contribution in [-0.4, -0.2) is 67.9 Å². The molecule has 148 valence electrons. The lowest BCUT2D eigenvalue weighted by molar-refractivity contribution is -0.148. The van der Waals surface area contributed by atoms with Crippen molar-refractivity contribution in [1.29, 1.82) is 0 Å². The van der Waals surface area contributed by atoms with Gasteiger partial charge in [0, 0.05) is 44.9 Å². The van der Waals surface area contributed by atoms with E-state index in [4.69, 9.17) is 9.47 Å². The molecule has 0 bridgehead atoms. The molecule has 1 spiro atoms. The monoisotopic (exact) mass is 373 g/mol. The summed E-state index contributed by atoms with van der Waals surface area (Å²) in [7, 11) is 1.75. The molecule has 27 heavy (non-hydrogen) atoms. The second kappa shape index (κ2) is 7.76. The summed E-state index contributed by atoms with van der Waals surface area (Å²) in [6.45, 7) is 4.86. The summed E-state index contributed by atoms with van der Waals surface area (Å²) in [5.74, 6) is 0.243. The van der Waals surface area contributed by atoms with Gasteiger partial charge in [-0.15, -0.1) is 0 Å². The van der Waals surface area contributed by atoms with Gasteiger partial charge in [-0.3, -0.25) is 9.78 Å². The fraction of sp³-hybridized carbons (Fsp3) is 0.714. The number of ether oxygens (including phenoxy) is 2. The molecule has 1 saturated carbocycles. The SMILES string of the molecule is COC1(CC(=O)N2CCCC3(COCCN(c4cccnc4)C3)C2)CCC1. The zero-order valence-corrected chi connectivity index (χ0v) is 16.4. The van der Waals surface area contributed by atoms with Crippen LogP contribution in [0.1, 0.15) is 38.5 Å². The van der Waals surface area contributed by atoms with Gasteiger partial charge in [0.15, 0.2) is 0 Å². The van der Waals surface area contributed by atoms with E-state index in [2.05, 4.69) is 20.9 Å². The predicted molar refractivity (Wildman–Crippen MR) is 104 cm³/mol. The largest absolute Gasteiger partial charge is 0.379 e. The predicted octanol–water partition coefficient (Wildman–Crippen LogP) is 2.49. The van der Waals surface area contributed by atoms with E-state index in [1.165, 1.54) is 6.42 Å². The molecule has 3 aliphatic rings. The molecule has 1 aromatic rings. The molecular formula is C21H31N3O3. The Bertz CT molecular complexity index is 644. The van der Waals surface area contributed by atoms with Crippen molar-refractivity contribution < 1.29 is 14.3 Å². The Morgan fingerprint density at radius 2 is 2.15 bits per heavy atom. The van der Waals surface area contributed by atoms with Crippen LogP contribution in [0.2, 0.25) is 0 Å². The summed E-state index contributed by atoms with van der Waals surface area (Å²) in [6, 6.07) is 4.09. The van der Waals surface area contributed by atoms with Crippen LogP contribution in [-0.2, 0) is 14.3 Å². The maximum atomic E-state index is 13.0. The highest BCUT2D eigenvalue weighted by Gasteiger charge is 2.44. The Kier molecular flexibility index (Phi) is 5.37. The van der Waals surface area contributed by atoms with Crippen molar-refractivity contribution in [3.05, 3.63) is 24.5 Å². The van der Waals surface area contributed by atoms with Crippen molar-refractivity contribution in [2.45, 2.75) is 44.1 Å². The van der Waals surface area contributed by atoms with Crippen LogP contribution in [0.5, 0.6) is 0 Å². The van der Waals surface area contributed by atoms with Gasteiger partial charge in [0.05, 0.1) is 37.1 Å². The highest BCUT2D eigenvalue weighted by Crippen LogP contribution is 2.40. The van der Waals surface area contributed by atoms with Gasteiger partial charge in [0.2, 0.25) is 5.91 Å². The van der Waals surface area contributed by atoms with E-state index in [-0.39, 0.29) is 16.9 Å². The molecule has 1 aromatic heterocycles. The molecule has 2 aliphatic heterocycles. The number of piperidine rings is 1. The summed E-state index contributed by atoms with van der Waals surface area (Å²) in [4.78, 5) is 21.7. The molecule has 6 nitrogen and oxygen atoms in total. The molecular weight excluding hydrogens is 342 g/mol. The van der Waals surface area contributed by atoms with Gasteiger partial charge in [-0.25, -0.2) is 0 Å². The lowest BCUT2D eigenvalue weighted by Gasteiger charge is -2.46. The van der Waals surface area contributed by atoms with E-state index < -0.39 is 0 Å². The molecule has 1 amide bonds. The van der Waals surface area contributed by atoms with Crippen LogP contribution in [0.25, 0.3) is 0 Å². The lowest BCUT2D eigenvalue weighted by atomic mass is 9.76. The number of amides is 1. The van der Waals surface area contributed by atoms with Crippen LogP contribution < -0.4 is 4.90 Å². The molecule has 0 N–H and O–H groups in total. The summed E-state index contributed by atoms with van der Waals surface area (Å²) < 4.78 is 11.7. The van der Waals surface area contributed by atoms with Crippen molar-refractivity contribution in [1.82, 2.24) is 9.88 Å². The Labute approximate surface area is 161 Å². The highest BCUT2D eigenvalue weighted by atomic mass is 16.5. The van der Waals surface area contributed by atoms with E-state index in [1.807, 2.05) is 12.3 Å². The third-order valence-corrected chi connectivity index (χ3v) is 6.64. The first-order chi connectivity index (χ1) is 13.1. The van der Waals surface area contributed by atoms with Gasteiger partial charge in [-0.05, 0) is 44.2 Å². The van der Waals surface area contributed by atoms with Gasteiger partial charge >= 0.3 is 0 Å². The lowest BCUT2D eigenvalue weighted by Crippen LogP contribution is -2.54. The van der Waals surface area contributed by atoms with E-state index >= 15 is 0 Å². The van der Waals surface area contributed by atoms with Crippen molar-refractivity contribution in [3.63, 3.8) is 0 Å². The second-order valence-electron chi connectivity index (χ2n) is 8.52. The number of anilines is 1.